The largest absolute Gasteiger partial charge is 0.468 e. The molecule has 1 amide bonds. The summed E-state index contributed by atoms with van der Waals surface area (Å²) in [6.45, 7) is 3.46. The summed E-state index contributed by atoms with van der Waals surface area (Å²) in [4.78, 5) is 27.6. The lowest BCUT2D eigenvalue weighted by Gasteiger charge is -2.56. The monoisotopic (exact) mass is 672 g/mol. The Morgan fingerprint density at radius 1 is 1.00 bits per heavy atom. The molecule has 4 aromatic rings. The van der Waals surface area contributed by atoms with Crippen LogP contribution in [0.5, 0.6) is 5.88 Å². The highest BCUT2D eigenvalue weighted by Crippen LogP contribution is 2.55. The van der Waals surface area contributed by atoms with Crippen molar-refractivity contribution in [3.63, 3.8) is 0 Å². The van der Waals surface area contributed by atoms with Crippen LogP contribution in [0, 0.1) is 5.41 Å². The number of primary amides is 1. The lowest BCUT2D eigenvalue weighted by atomic mass is 9.59. The summed E-state index contributed by atoms with van der Waals surface area (Å²) in [6, 6.07) is 16.0. The van der Waals surface area contributed by atoms with Gasteiger partial charge in [0.15, 0.2) is 0 Å². The number of nitrogens with one attached hydrogen (secondary N) is 1. The number of anilines is 3. The first-order valence-corrected chi connectivity index (χ1v) is 17.3. The minimum atomic E-state index is -4.35. The normalized spacial score (nSPS) is 25.3. The Morgan fingerprint density at radius 2 is 1.82 bits per heavy atom. The zero-order valence-corrected chi connectivity index (χ0v) is 27.1. The summed E-state index contributed by atoms with van der Waals surface area (Å²) in [5, 5.41) is 0.937. The van der Waals surface area contributed by atoms with Crippen LogP contribution >= 0.6 is 0 Å². The maximum atomic E-state index is 13.9. The van der Waals surface area contributed by atoms with Crippen LogP contribution in [-0.4, -0.2) is 71.8 Å². The van der Waals surface area contributed by atoms with E-state index in [4.69, 9.17) is 20.2 Å². The zero-order chi connectivity index (χ0) is 33.5. The summed E-state index contributed by atoms with van der Waals surface area (Å²) in [5.74, 6) is -0.0129. The van der Waals surface area contributed by atoms with E-state index < -0.39 is 17.6 Å². The molecule has 3 N–H and O–H groups in total. The Hall–Kier alpha value is -4.29. The van der Waals surface area contributed by atoms with Crippen LogP contribution in [-0.2, 0) is 10.9 Å². The van der Waals surface area contributed by atoms with Gasteiger partial charge in [0.2, 0.25) is 5.88 Å². The first-order chi connectivity index (χ1) is 23.7. The van der Waals surface area contributed by atoms with Crippen LogP contribution in [0.25, 0.3) is 11.0 Å². The van der Waals surface area contributed by atoms with Gasteiger partial charge in [-0.3, -0.25) is 9.69 Å². The van der Waals surface area contributed by atoms with Crippen molar-refractivity contribution in [1.82, 2.24) is 14.9 Å². The number of carbonyl (C=O) groups excluding carboxylic acids is 1. The van der Waals surface area contributed by atoms with Crippen molar-refractivity contribution in [2.24, 2.45) is 11.1 Å². The number of halogens is 3. The lowest BCUT2D eigenvalue weighted by molar-refractivity contribution is -0.139. The van der Waals surface area contributed by atoms with Gasteiger partial charge in [-0.2, -0.15) is 18.2 Å². The quantitative estimate of drug-likeness (QED) is 0.248. The van der Waals surface area contributed by atoms with Crippen LogP contribution in [0.4, 0.5) is 30.2 Å². The SMILES string of the molecule is NC(=O)c1ccc(N2CCC3(CC2)CC(N2CCC[C@H]2c2ccccc2C(F)(F)F)C3)cc1N1c2cc3cc[nH]c3nc2O[C@H]2COC[C@@H]21. The second-order valence-corrected chi connectivity index (χ2v) is 14.5. The first-order valence-electron chi connectivity index (χ1n) is 17.3. The number of piperidine rings is 1. The van der Waals surface area contributed by atoms with Crippen LogP contribution in [0.1, 0.15) is 66.1 Å². The molecule has 49 heavy (non-hydrogen) atoms. The van der Waals surface area contributed by atoms with Gasteiger partial charge in [0, 0.05) is 42.4 Å². The molecule has 1 saturated carbocycles. The molecule has 0 radical (unpaired) electrons. The van der Waals surface area contributed by atoms with Gasteiger partial charge in [-0.25, -0.2) is 0 Å². The van der Waals surface area contributed by atoms with E-state index in [0.717, 1.165) is 86.3 Å². The average Bonchev–Trinajstić information content (AvgIpc) is 3.86. The topological polar surface area (TPSA) is 100.0 Å². The number of likely N-dealkylation sites (tertiary alicyclic amines) is 1. The number of carbonyl (C=O) groups is 1. The van der Waals surface area contributed by atoms with Gasteiger partial charge < -0.3 is 30.0 Å². The van der Waals surface area contributed by atoms with E-state index in [1.165, 1.54) is 12.1 Å². The molecule has 256 valence electrons. The van der Waals surface area contributed by atoms with Gasteiger partial charge in [0.1, 0.15) is 17.4 Å². The highest BCUT2D eigenvalue weighted by Gasteiger charge is 2.51. The number of nitrogens with two attached hydrogens (primary N) is 1. The van der Waals surface area contributed by atoms with E-state index in [9.17, 15) is 18.0 Å². The van der Waals surface area contributed by atoms with Gasteiger partial charge in [0.25, 0.3) is 5.91 Å². The molecule has 4 fully saturated rings. The average molecular weight is 673 g/mol. The number of benzene rings is 2. The predicted molar refractivity (Wildman–Crippen MR) is 179 cm³/mol. The number of alkyl halides is 3. The fourth-order valence-electron chi connectivity index (χ4n) is 9.27. The van der Waals surface area contributed by atoms with Gasteiger partial charge in [0.05, 0.1) is 36.1 Å². The Bertz CT molecular complexity index is 1910. The molecule has 0 unspecified atom stereocenters. The predicted octanol–water partition coefficient (Wildman–Crippen LogP) is 6.56. The fourth-order valence-corrected chi connectivity index (χ4v) is 9.27. The van der Waals surface area contributed by atoms with E-state index in [-0.39, 0.29) is 23.6 Å². The molecule has 3 atom stereocenters. The highest BCUT2D eigenvalue weighted by atomic mass is 19.4. The van der Waals surface area contributed by atoms with Crippen molar-refractivity contribution in [2.75, 3.05) is 42.6 Å². The molecule has 3 saturated heterocycles. The standard InChI is InChI=1S/C37H39F3N6O3/c38-37(39,40)27-5-2-1-4-25(27)28-6-3-13-45(28)24-18-36(19-24)10-14-44(15-11-36)23-7-8-26(33(41)47)29(17-23)46-30-16-22-9-12-42-34(22)43-35(30)49-32-21-48-20-31(32)46/h1-2,4-5,7-9,12,16-17,24,28,31-32H,3,6,10-11,13-15,18-21H2,(H2,41,47)(H,42,43)/t28-,31-,32-/m0/s1. The highest BCUT2D eigenvalue weighted by molar-refractivity contribution is 6.01. The van der Waals surface area contributed by atoms with Crippen molar-refractivity contribution < 1.29 is 27.4 Å². The number of aromatic amines is 1. The second-order valence-electron chi connectivity index (χ2n) is 14.5. The molecule has 5 aliphatic rings. The van der Waals surface area contributed by atoms with Crippen molar-refractivity contribution in [1.29, 1.82) is 0 Å². The van der Waals surface area contributed by atoms with Crippen molar-refractivity contribution in [2.45, 2.75) is 68.9 Å². The number of hydrogen-bond acceptors (Lipinski definition) is 7. The Labute approximate surface area is 282 Å². The van der Waals surface area contributed by atoms with Gasteiger partial charge >= 0.3 is 6.18 Å². The number of amides is 1. The number of aromatic nitrogens is 2. The summed E-state index contributed by atoms with van der Waals surface area (Å²) in [5.41, 5.74) is 9.76. The Kier molecular flexibility index (Phi) is 7.14. The molecular formula is C37H39F3N6O3. The number of rotatable bonds is 5. The third-order valence-corrected chi connectivity index (χ3v) is 11.8. The third-order valence-electron chi connectivity index (χ3n) is 11.8. The molecule has 1 aliphatic carbocycles. The summed E-state index contributed by atoms with van der Waals surface area (Å²) in [7, 11) is 0. The van der Waals surface area contributed by atoms with Gasteiger partial charge in [-0.05, 0) is 92.4 Å². The minimum Gasteiger partial charge on any atom is -0.468 e. The fraction of sp³-hybridized carbons (Fsp3) is 0.459. The van der Waals surface area contributed by atoms with Crippen molar-refractivity contribution in [3.05, 3.63) is 77.5 Å². The van der Waals surface area contributed by atoms with Crippen LogP contribution in [0.15, 0.2) is 60.8 Å². The second kappa shape index (κ2) is 11.4. The lowest BCUT2D eigenvalue weighted by Crippen LogP contribution is -2.55. The summed E-state index contributed by atoms with van der Waals surface area (Å²) < 4.78 is 53.8. The van der Waals surface area contributed by atoms with Crippen LogP contribution in [0.3, 0.4) is 0 Å². The Balaban J connectivity index is 0.943. The molecule has 4 aliphatic heterocycles. The van der Waals surface area contributed by atoms with E-state index in [1.54, 1.807) is 12.1 Å². The third kappa shape index (κ3) is 5.13. The Morgan fingerprint density at radius 3 is 2.61 bits per heavy atom. The zero-order valence-electron chi connectivity index (χ0n) is 27.1. The van der Waals surface area contributed by atoms with Gasteiger partial charge in [-0.1, -0.05) is 18.2 Å². The van der Waals surface area contributed by atoms with Gasteiger partial charge in [-0.15, -0.1) is 0 Å². The smallest absolute Gasteiger partial charge is 0.416 e. The van der Waals surface area contributed by atoms with E-state index in [2.05, 4.69) is 25.8 Å². The summed E-state index contributed by atoms with van der Waals surface area (Å²) >= 11 is 0. The summed E-state index contributed by atoms with van der Waals surface area (Å²) in [6.07, 6.45) is 3.01. The molecule has 6 heterocycles. The van der Waals surface area contributed by atoms with E-state index >= 15 is 0 Å². The number of fused-ring (bicyclic) bond motifs is 3. The van der Waals surface area contributed by atoms with E-state index in [0.29, 0.717) is 36.3 Å². The van der Waals surface area contributed by atoms with Crippen LogP contribution < -0.4 is 20.3 Å². The number of H-pyrrole nitrogens is 1. The molecule has 0 bridgehead atoms. The number of hydrogen-bond donors (Lipinski definition) is 2. The van der Waals surface area contributed by atoms with Crippen molar-refractivity contribution >= 4 is 34.0 Å². The number of nitrogens with zero attached hydrogens (tertiary/aromatic N) is 4. The molecule has 9 nitrogen and oxygen atoms in total. The molecule has 9 rings (SSSR count). The molecule has 2 aromatic heterocycles. The molecule has 12 heteroatoms. The van der Waals surface area contributed by atoms with Crippen molar-refractivity contribution in [3.8, 4) is 5.88 Å². The maximum absolute atomic E-state index is 13.9. The number of pyridine rings is 1. The molecular weight excluding hydrogens is 633 g/mol. The molecule has 2 aromatic carbocycles. The minimum absolute atomic E-state index is 0.145. The first kappa shape index (κ1) is 30.7. The maximum Gasteiger partial charge on any atom is 0.416 e. The van der Waals surface area contributed by atoms with E-state index in [1.807, 2.05) is 30.5 Å². The number of ether oxygens (including phenoxy) is 2. The molecule has 1 spiro atoms. The van der Waals surface area contributed by atoms with Crippen LogP contribution in [0.2, 0.25) is 0 Å².